The van der Waals surface area contributed by atoms with Crippen molar-refractivity contribution in [2.24, 2.45) is 5.41 Å². The summed E-state index contributed by atoms with van der Waals surface area (Å²) in [6.45, 7) is 4.57. The van der Waals surface area contributed by atoms with Crippen molar-refractivity contribution in [2.45, 2.75) is 39.2 Å². The second-order valence-electron chi connectivity index (χ2n) is 5.55. The molecule has 0 aromatic carbocycles. The number of hydrogen-bond acceptors (Lipinski definition) is 4. The van der Waals surface area contributed by atoms with Gasteiger partial charge in [0.2, 0.25) is 5.28 Å². The van der Waals surface area contributed by atoms with E-state index in [9.17, 15) is 0 Å². The van der Waals surface area contributed by atoms with E-state index < -0.39 is 0 Å². The van der Waals surface area contributed by atoms with E-state index in [0.717, 1.165) is 17.6 Å². The van der Waals surface area contributed by atoms with Crippen LogP contribution in [0.5, 0.6) is 0 Å². The van der Waals surface area contributed by atoms with Gasteiger partial charge in [0.05, 0.1) is 11.6 Å². The number of hydrogen-bond donors (Lipinski definition) is 2. The number of rotatable bonds is 2. The number of nitrogens with one attached hydrogen (secondary N) is 2. The highest BCUT2D eigenvalue weighted by molar-refractivity contribution is 6.28. The summed E-state index contributed by atoms with van der Waals surface area (Å²) in [7, 11) is 0. The van der Waals surface area contributed by atoms with Crippen LogP contribution in [0.15, 0.2) is 6.20 Å². The SMILES string of the molecule is CC1(C)CCCC1Nc1nc(Cl)nc2[nH]ncc12. The molecule has 0 amide bonds. The van der Waals surface area contributed by atoms with E-state index in [0.29, 0.717) is 11.7 Å². The quantitative estimate of drug-likeness (QED) is 0.819. The van der Waals surface area contributed by atoms with Gasteiger partial charge < -0.3 is 5.32 Å². The number of H-pyrrole nitrogens is 1. The summed E-state index contributed by atoms with van der Waals surface area (Å²) in [5.74, 6) is 0.777. The Balaban J connectivity index is 1.97. The predicted octanol–water partition coefficient (Wildman–Crippen LogP) is 3.00. The first-order valence-corrected chi connectivity index (χ1v) is 6.57. The predicted molar refractivity (Wildman–Crippen MR) is 71.7 cm³/mol. The van der Waals surface area contributed by atoms with Crippen LogP contribution in [0.25, 0.3) is 11.0 Å². The first kappa shape index (κ1) is 11.7. The summed E-state index contributed by atoms with van der Waals surface area (Å²) in [6, 6.07) is 0.418. The van der Waals surface area contributed by atoms with E-state index in [4.69, 9.17) is 11.6 Å². The fourth-order valence-corrected chi connectivity index (χ4v) is 2.85. The molecule has 2 aromatic heterocycles. The van der Waals surface area contributed by atoms with Gasteiger partial charge in [0.1, 0.15) is 5.82 Å². The first-order chi connectivity index (χ1) is 8.56. The molecule has 3 rings (SSSR count). The summed E-state index contributed by atoms with van der Waals surface area (Å²) in [6.07, 6.45) is 5.37. The Labute approximate surface area is 110 Å². The molecule has 2 heterocycles. The van der Waals surface area contributed by atoms with Crippen molar-refractivity contribution >= 4 is 28.5 Å². The van der Waals surface area contributed by atoms with Crippen molar-refractivity contribution in [3.8, 4) is 0 Å². The lowest BCUT2D eigenvalue weighted by Crippen LogP contribution is -2.31. The molecule has 2 N–H and O–H groups in total. The number of aromatic nitrogens is 4. The van der Waals surface area contributed by atoms with E-state index in [2.05, 4.69) is 39.3 Å². The molecule has 0 radical (unpaired) electrons. The molecule has 1 atom stereocenters. The van der Waals surface area contributed by atoms with Crippen molar-refractivity contribution < 1.29 is 0 Å². The van der Waals surface area contributed by atoms with Crippen LogP contribution in [-0.2, 0) is 0 Å². The third-order valence-electron chi connectivity index (χ3n) is 3.85. The molecule has 0 aliphatic heterocycles. The third kappa shape index (κ3) is 1.92. The van der Waals surface area contributed by atoms with Crippen LogP contribution in [0, 0.1) is 5.41 Å². The zero-order valence-corrected chi connectivity index (χ0v) is 11.3. The van der Waals surface area contributed by atoms with Crippen LogP contribution in [-0.4, -0.2) is 26.2 Å². The maximum atomic E-state index is 5.93. The van der Waals surface area contributed by atoms with Gasteiger partial charge in [-0.25, -0.2) is 0 Å². The molecule has 6 heteroatoms. The molecule has 96 valence electrons. The molecule has 1 fully saturated rings. The molecule has 1 aliphatic carbocycles. The van der Waals surface area contributed by atoms with Crippen LogP contribution in [0.2, 0.25) is 5.28 Å². The van der Waals surface area contributed by atoms with Crippen molar-refractivity contribution in [1.82, 2.24) is 20.2 Å². The van der Waals surface area contributed by atoms with Gasteiger partial charge >= 0.3 is 0 Å². The van der Waals surface area contributed by atoms with Gasteiger partial charge in [0.15, 0.2) is 5.65 Å². The normalized spacial score (nSPS) is 22.5. The maximum Gasteiger partial charge on any atom is 0.226 e. The van der Waals surface area contributed by atoms with Crippen LogP contribution in [0.4, 0.5) is 5.82 Å². The van der Waals surface area contributed by atoms with Gasteiger partial charge in [-0.3, -0.25) is 5.10 Å². The average molecular weight is 266 g/mol. The number of nitrogens with zero attached hydrogens (tertiary/aromatic N) is 3. The smallest absolute Gasteiger partial charge is 0.226 e. The van der Waals surface area contributed by atoms with Crippen molar-refractivity contribution in [3.05, 3.63) is 11.5 Å². The van der Waals surface area contributed by atoms with E-state index >= 15 is 0 Å². The minimum Gasteiger partial charge on any atom is -0.366 e. The number of fused-ring (bicyclic) bond motifs is 1. The highest BCUT2D eigenvalue weighted by Crippen LogP contribution is 2.39. The fourth-order valence-electron chi connectivity index (χ4n) is 2.68. The summed E-state index contributed by atoms with van der Waals surface area (Å²) in [4.78, 5) is 8.39. The Morgan fingerprint density at radius 1 is 1.44 bits per heavy atom. The number of aromatic amines is 1. The molecule has 5 nitrogen and oxygen atoms in total. The van der Waals surface area contributed by atoms with Crippen LogP contribution < -0.4 is 5.32 Å². The summed E-state index contributed by atoms with van der Waals surface area (Å²) >= 11 is 5.93. The van der Waals surface area contributed by atoms with Crippen molar-refractivity contribution in [3.63, 3.8) is 0 Å². The van der Waals surface area contributed by atoms with Crippen molar-refractivity contribution in [1.29, 1.82) is 0 Å². The van der Waals surface area contributed by atoms with Crippen LogP contribution >= 0.6 is 11.6 Å². The zero-order chi connectivity index (χ0) is 12.8. The molecular formula is C12H16ClN5. The lowest BCUT2D eigenvalue weighted by molar-refractivity contribution is 0.349. The Morgan fingerprint density at radius 3 is 3.00 bits per heavy atom. The first-order valence-electron chi connectivity index (χ1n) is 6.19. The Bertz CT molecular complexity index is 577. The monoisotopic (exact) mass is 265 g/mol. The molecule has 1 saturated carbocycles. The second-order valence-corrected chi connectivity index (χ2v) is 5.89. The molecule has 2 aromatic rings. The molecule has 1 unspecified atom stereocenters. The minimum atomic E-state index is 0.241. The zero-order valence-electron chi connectivity index (χ0n) is 10.5. The lowest BCUT2D eigenvalue weighted by Gasteiger charge is -2.28. The maximum absolute atomic E-state index is 5.93. The Morgan fingerprint density at radius 2 is 2.28 bits per heavy atom. The number of anilines is 1. The standard InChI is InChI=1S/C12H16ClN5/c1-12(2)5-3-4-8(12)15-9-7-6-14-18-10(7)17-11(13)16-9/h6,8H,3-5H2,1-2H3,(H2,14,15,16,17,18). The second kappa shape index (κ2) is 4.09. The van der Waals surface area contributed by atoms with E-state index in [1.165, 1.54) is 12.8 Å². The molecular weight excluding hydrogens is 250 g/mol. The topological polar surface area (TPSA) is 66.5 Å². The third-order valence-corrected chi connectivity index (χ3v) is 4.02. The minimum absolute atomic E-state index is 0.241. The molecule has 18 heavy (non-hydrogen) atoms. The molecule has 0 saturated heterocycles. The fraction of sp³-hybridized carbons (Fsp3) is 0.583. The van der Waals surface area contributed by atoms with E-state index in [1.54, 1.807) is 6.20 Å². The summed E-state index contributed by atoms with van der Waals surface area (Å²) in [5.41, 5.74) is 0.960. The largest absolute Gasteiger partial charge is 0.366 e. The van der Waals surface area contributed by atoms with Gasteiger partial charge in [-0.2, -0.15) is 15.1 Å². The van der Waals surface area contributed by atoms with Gasteiger partial charge in [-0.1, -0.05) is 20.3 Å². The summed E-state index contributed by atoms with van der Waals surface area (Å²) in [5, 5.41) is 11.4. The number of halogens is 1. The van der Waals surface area contributed by atoms with E-state index in [-0.39, 0.29) is 10.7 Å². The van der Waals surface area contributed by atoms with Gasteiger partial charge in [-0.05, 0) is 29.9 Å². The van der Waals surface area contributed by atoms with Gasteiger partial charge in [-0.15, -0.1) is 0 Å². The van der Waals surface area contributed by atoms with Gasteiger partial charge in [0, 0.05) is 6.04 Å². The average Bonchev–Trinajstić information content (AvgIpc) is 2.86. The summed E-state index contributed by atoms with van der Waals surface area (Å²) < 4.78 is 0. The van der Waals surface area contributed by atoms with Crippen molar-refractivity contribution in [2.75, 3.05) is 5.32 Å². The molecule has 1 aliphatic rings. The van der Waals surface area contributed by atoms with E-state index in [1.807, 2.05) is 0 Å². The van der Waals surface area contributed by atoms with Crippen LogP contribution in [0.3, 0.4) is 0 Å². The Kier molecular flexibility index (Phi) is 2.66. The molecule has 0 spiro atoms. The molecule has 0 bridgehead atoms. The lowest BCUT2D eigenvalue weighted by atomic mass is 9.87. The van der Waals surface area contributed by atoms with Crippen LogP contribution in [0.1, 0.15) is 33.1 Å². The highest BCUT2D eigenvalue weighted by atomic mass is 35.5. The highest BCUT2D eigenvalue weighted by Gasteiger charge is 2.34. The Hall–Kier alpha value is -1.36. The van der Waals surface area contributed by atoms with Gasteiger partial charge in [0.25, 0.3) is 0 Å².